The summed E-state index contributed by atoms with van der Waals surface area (Å²) in [6, 6.07) is 14.2. The first kappa shape index (κ1) is 19.0. The normalized spacial score (nSPS) is 20.0. The Morgan fingerprint density at radius 2 is 1.93 bits per heavy atom. The zero-order valence-electron chi connectivity index (χ0n) is 16.2. The number of amides is 4. The third-order valence-electron chi connectivity index (χ3n) is 5.35. The summed E-state index contributed by atoms with van der Waals surface area (Å²) in [5.74, 6) is -0.274. The summed E-state index contributed by atoms with van der Waals surface area (Å²) in [5.41, 5.74) is 1.32. The third kappa shape index (κ3) is 3.33. The fraction of sp³-hybridized carbons (Fsp3) is 0.318. The predicted molar refractivity (Wildman–Crippen MR) is 108 cm³/mol. The molecule has 7 nitrogen and oxygen atoms in total. The second kappa shape index (κ2) is 7.58. The van der Waals surface area contributed by atoms with Gasteiger partial charge in [0.15, 0.2) is 0 Å². The number of anilines is 1. The van der Waals surface area contributed by atoms with Crippen molar-refractivity contribution in [3.05, 3.63) is 59.7 Å². The maximum absolute atomic E-state index is 13.1. The van der Waals surface area contributed by atoms with Crippen LogP contribution < -0.4 is 15.4 Å². The van der Waals surface area contributed by atoms with E-state index in [0.29, 0.717) is 30.9 Å². The zero-order valence-corrected chi connectivity index (χ0v) is 16.2. The van der Waals surface area contributed by atoms with Crippen LogP contribution in [-0.2, 0) is 21.5 Å². The van der Waals surface area contributed by atoms with E-state index in [1.54, 1.807) is 18.2 Å². The van der Waals surface area contributed by atoms with Crippen molar-refractivity contribution in [3.63, 3.8) is 0 Å². The van der Waals surface area contributed by atoms with Crippen molar-refractivity contribution in [2.45, 2.75) is 31.7 Å². The minimum Gasteiger partial charge on any atom is -0.491 e. The Morgan fingerprint density at radius 1 is 1.17 bits per heavy atom. The largest absolute Gasteiger partial charge is 0.491 e. The van der Waals surface area contributed by atoms with Gasteiger partial charge in [-0.3, -0.25) is 14.5 Å². The number of para-hydroxylation sites is 2. The number of nitrogens with zero attached hydrogens (tertiary/aromatic N) is 1. The van der Waals surface area contributed by atoms with Gasteiger partial charge in [-0.25, -0.2) is 4.79 Å². The molecule has 0 unspecified atom stereocenters. The molecule has 4 amide bonds. The summed E-state index contributed by atoms with van der Waals surface area (Å²) < 4.78 is 5.64. The molecule has 2 aromatic carbocycles. The maximum Gasteiger partial charge on any atom is 0.325 e. The summed E-state index contributed by atoms with van der Waals surface area (Å²) in [5, 5.41) is 5.57. The topological polar surface area (TPSA) is 87.7 Å². The second-order valence-corrected chi connectivity index (χ2v) is 7.28. The van der Waals surface area contributed by atoms with E-state index in [2.05, 4.69) is 10.6 Å². The van der Waals surface area contributed by atoms with Crippen LogP contribution in [0.25, 0.3) is 0 Å². The Labute approximate surface area is 169 Å². The zero-order chi connectivity index (χ0) is 20.4. The number of nitrogens with one attached hydrogen (secondary N) is 2. The average Bonchev–Trinajstić information content (AvgIpc) is 3.21. The second-order valence-electron chi connectivity index (χ2n) is 7.28. The molecule has 0 radical (unpaired) electrons. The lowest BCUT2D eigenvalue weighted by Gasteiger charge is -2.22. The van der Waals surface area contributed by atoms with E-state index in [9.17, 15) is 14.4 Å². The van der Waals surface area contributed by atoms with E-state index in [4.69, 9.17) is 4.74 Å². The summed E-state index contributed by atoms with van der Waals surface area (Å²) in [6.45, 7) is 2.17. The molecule has 1 aliphatic heterocycles. The van der Waals surface area contributed by atoms with Gasteiger partial charge < -0.3 is 15.4 Å². The van der Waals surface area contributed by atoms with Gasteiger partial charge in [-0.2, -0.15) is 0 Å². The van der Waals surface area contributed by atoms with E-state index in [1.807, 2.05) is 37.3 Å². The molecule has 1 aliphatic carbocycles. The lowest BCUT2D eigenvalue weighted by Crippen LogP contribution is -2.43. The standard InChI is InChI=1S/C22H23N3O4/c1-2-13-29-18-10-6-5-9-17(18)23-19(26)14-25-20(27)22(24-21(25)28)12-11-15-7-3-4-8-16(15)22/h3-10H,2,11-14H2,1H3,(H,23,26)(H,24,28)/t22-/m0/s1. The molecular formula is C22H23N3O4. The molecule has 2 N–H and O–H groups in total. The Morgan fingerprint density at radius 3 is 2.76 bits per heavy atom. The van der Waals surface area contributed by atoms with Gasteiger partial charge in [0, 0.05) is 0 Å². The van der Waals surface area contributed by atoms with E-state index in [0.717, 1.165) is 22.4 Å². The number of urea groups is 1. The minimum atomic E-state index is -1.06. The highest BCUT2D eigenvalue weighted by molar-refractivity contribution is 6.11. The maximum atomic E-state index is 13.1. The first-order chi connectivity index (χ1) is 14.0. The molecule has 0 saturated carbocycles. The van der Waals surface area contributed by atoms with Gasteiger partial charge in [0.05, 0.1) is 12.3 Å². The van der Waals surface area contributed by atoms with Gasteiger partial charge in [0.2, 0.25) is 5.91 Å². The average molecular weight is 393 g/mol. The first-order valence-electron chi connectivity index (χ1n) is 9.79. The van der Waals surface area contributed by atoms with Gasteiger partial charge in [0.25, 0.3) is 5.91 Å². The van der Waals surface area contributed by atoms with Crippen LogP contribution >= 0.6 is 0 Å². The molecule has 2 aromatic rings. The first-order valence-corrected chi connectivity index (χ1v) is 9.79. The van der Waals surface area contributed by atoms with Gasteiger partial charge in [-0.1, -0.05) is 43.3 Å². The van der Waals surface area contributed by atoms with Crippen molar-refractivity contribution in [1.29, 1.82) is 0 Å². The predicted octanol–water partition coefficient (Wildman–Crippen LogP) is 2.81. The van der Waals surface area contributed by atoms with Gasteiger partial charge in [-0.15, -0.1) is 0 Å². The number of hydrogen-bond acceptors (Lipinski definition) is 4. The summed E-state index contributed by atoms with van der Waals surface area (Å²) in [6.07, 6.45) is 2.06. The van der Waals surface area contributed by atoms with Crippen molar-refractivity contribution < 1.29 is 19.1 Å². The Bertz CT molecular complexity index is 974. The van der Waals surface area contributed by atoms with E-state index in [1.165, 1.54) is 0 Å². The van der Waals surface area contributed by atoms with Crippen LogP contribution in [0.3, 0.4) is 0 Å². The highest BCUT2D eigenvalue weighted by atomic mass is 16.5. The van der Waals surface area contributed by atoms with Crippen LogP contribution in [0.1, 0.15) is 30.9 Å². The molecule has 0 bridgehead atoms. The minimum absolute atomic E-state index is 0.351. The molecule has 1 spiro atoms. The van der Waals surface area contributed by atoms with E-state index < -0.39 is 17.5 Å². The fourth-order valence-corrected chi connectivity index (χ4v) is 3.97. The Hall–Kier alpha value is -3.35. The van der Waals surface area contributed by atoms with Crippen molar-refractivity contribution in [2.24, 2.45) is 0 Å². The smallest absolute Gasteiger partial charge is 0.325 e. The van der Waals surface area contributed by atoms with Gasteiger partial charge in [-0.05, 0) is 42.5 Å². The van der Waals surface area contributed by atoms with Crippen molar-refractivity contribution >= 4 is 23.5 Å². The van der Waals surface area contributed by atoms with Crippen LogP contribution in [0, 0.1) is 0 Å². The monoisotopic (exact) mass is 393 g/mol. The van der Waals surface area contributed by atoms with Crippen molar-refractivity contribution in [2.75, 3.05) is 18.5 Å². The number of benzene rings is 2. The molecule has 150 valence electrons. The number of carbonyl (C=O) groups excluding carboxylic acids is 3. The van der Waals surface area contributed by atoms with E-state index in [-0.39, 0.29) is 12.5 Å². The molecular weight excluding hydrogens is 370 g/mol. The molecule has 29 heavy (non-hydrogen) atoms. The number of ether oxygens (including phenoxy) is 1. The molecule has 1 saturated heterocycles. The molecule has 4 rings (SSSR count). The van der Waals surface area contributed by atoms with Crippen molar-refractivity contribution in [1.82, 2.24) is 10.2 Å². The quantitative estimate of drug-likeness (QED) is 0.739. The number of rotatable bonds is 6. The Kier molecular flexibility index (Phi) is 4.96. The number of imide groups is 1. The van der Waals surface area contributed by atoms with Crippen LogP contribution in [0.5, 0.6) is 5.75 Å². The lowest BCUT2D eigenvalue weighted by molar-refractivity contribution is -0.134. The lowest BCUT2D eigenvalue weighted by atomic mass is 9.92. The summed E-state index contributed by atoms with van der Waals surface area (Å²) in [4.78, 5) is 39.3. The summed E-state index contributed by atoms with van der Waals surface area (Å²) >= 11 is 0. The highest BCUT2D eigenvalue weighted by Crippen LogP contribution is 2.41. The fourth-order valence-electron chi connectivity index (χ4n) is 3.97. The van der Waals surface area contributed by atoms with Crippen LogP contribution in [0.4, 0.5) is 10.5 Å². The summed E-state index contributed by atoms with van der Waals surface area (Å²) in [7, 11) is 0. The number of hydrogen-bond donors (Lipinski definition) is 2. The SMILES string of the molecule is CCCOc1ccccc1NC(=O)CN1C(=O)N[C@]2(CCc3ccccc32)C1=O. The molecule has 1 atom stereocenters. The van der Waals surface area contributed by atoms with Crippen LogP contribution in [0.2, 0.25) is 0 Å². The molecule has 1 fully saturated rings. The number of carbonyl (C=O) groups is 3. The number of aryl methyl sites for hydroxylation is 1. The van der Waals surface area contributed by atoms with Gasteiger partial charge in [0.1, 0.15) is 17.8 Å². The van der Waals surface area contributed by atoms with Crippen LogP contribution in [-0.4, -0.2) is 35.9 Å². The molecule has 2 aliphatic rings. The van der Waals surface area contributed by atoms with Crippen LogP contribution in [0.15, 0.2) is 48.5 Å². The van der Waals surface area contributed by atoms with Gasteiger partial charge >= 0.3 is 6.03 Å². The molecule has 7 heteroatoms. The van der Waals surface area contributed by atoms with E-state index >= 15 is 0 Å². The third-order valence-corrected chi connectivity index (χ3v) is 5.35. The molecule has 0 aromatic heterocycles. The molecule has 1 heterocycles. The van der Waals surface area contributed by atoms with Crippen molar-refractivity contribution in [3.8, 4) is 5.75 Å². The number of fused-ring (bicyclic) bond motifs is 2. The highest BCUT2D eigenvalue weighted by Gasteiger charge is 2.55. The Balaban J connectivity index is 1.49.